The Hall–Kier alpha value is -2.56. The van der Waals surface area contributed by atoms with Gasteiger partial charge in [0.1, 0.15) is 5.75 Å². The third-order valence-corrected chi connectivity index (χ3v) is 3.30. The number of hydrogen-bond donors (Lipinski definition) is 1. The Morgan fingerprint density at radius 2 is 1.95 bits per heavy atom. The number of aromatic nitrogens is 1. The highest BCUT2D eigenvalue weighted by molar-refractivity contribution is 5.94. The van der Waals surface area contributed by atoms with Gasteiger partial charge in [0.2, 0.25) is 5.56 Å². The molecule has 0 bridgehead atoms. The standard InChI is InChI=1S/C16H18N2O3/c1-11(13-6-4-5-7-14(13)21-3)17-16(20)12-8-9-15(19)18(2)10-12/h4-11H,1-3H3,(H,17,20)/t11-/m1/s1. The van der Waals surface area contributed by atoms with Crippen LogP contribution in [0.1, 0.15) is 28.9 Å². The monoisotopic (exact) mass is 286 g/mol. The van der Waals surface area contributed by atoms with Gasteiger partial charge < -0.3 is 14.6 Å². The van der Waals surface area contributed by atoms with Crippen LogP contribution in [0.3, 0.4) is 0 Å². The maximum atomic E-state index is 12.2. The summed E-state index contributed by atoms with van der Waals surface area (Å²) in [5.74, 6) is 0.495. The zero-order valence-corrected chi connectivity index (χ0v) is 12.3. The number of amides is 1. The molecule has 110 valence electrons. The number of nitrogens with one attached hydrogen (secondary N) is 1. The van der Waals surface area contributed by atoms with Crippen molar-refractivity contribution >= 4 is 5.91 Å². The van der Waals surface area contributed by atoms with E-state index in [2.05, 4.69) is 5.32 Å². The van der Waals surface area contributed by atoms with E-state index in [-0.39, 0.29) is 17.5 Å². The largest absolute Gasteiger partial charge is 0.496 e. The molecule has 5 nitrogen and oxygen atoms in total. The van der Waals surface area contributed by atoms with Gasteiger partial charge in [-0.3, -0.25) is 9.59 Å². The van der Waals surface area contributed by atoms with Crippen LogP contribution in [0.15, 0.2) is 47.4 Å². The van der Waals surface area contributed by atoms with Crippen LogP contribution in [0.5, 0.6) is 5.75 Å². The van der Waals surface area contributed by atoms with E-state index in [1.807, 2.05) is 31.2 Å². The first-order chi connectivity index (χ1) is 10.0. The smallest absolute Gasteiger partial charge is 0.253 e. The van der Waals surface area contributed by atoms with Gasteiger partial charge in [0.05, 0.1) is 18.7 Å². The first-order valence-corrected chi connectivity index (χ1v) is 6.63. The summed E-state index contributed by atoms with van der Waals surface area (Å²) in [6.45, 7) is 1.89. The Morgan fingerprint density at radius 1 is 1.24 bits per heavy atom. The van der Waals surface area contributed by atoms with Crippen LogP contribution in [0.25, 0.3) is 0 Å². The molecule has 0 fully saturated rings. The van der Waals surface area contributed by atoms with Gasteiger partial charge in [0.25, 0.3) is 5.91 Å². The molecular weight excluding hydrogens is 268 g/mol. The van der Waals surface area contributed by atoms with Crippen molar-refractivity contribution in [3.63, 3.8) is 0 Å². The van der Waals surface area contributed by atoms with Gasteiger partial charge in [0.15, 0.2) is 0 Å². The van der Waals surface area contributed by atoms with Crippen molar-refractivity contribution in [2.24, 2.45) is 7.05 Å². The highest BCUT2D eigenvalue weighted by Gasteiger charge is 2.15. The van der Waals surface area contributed by atoms with Crippen molar-refractivity contribution in [1.82, 2.24) is 9.88 Å². The molecule has 2 rings (SSSR count). The Balaban J connectivity index is 2.18. The maximum absolute atomic E-state index is 12.2. The summed E-state index contributed by atoms with van der Waals surface area (Å²) in [7, 11) is 3.21. The molecular formula is C16H18N2O3. The number of para-hydroxylation sites is 1. The van der Waals surface area contributed by atoms with E-state index < -0.39 is 0 Å². The second-order valence-electron chi connectivity index (χ2n) is 4.80. The molecule has 21 heavy (non-hydrogen) atoms. The molecule has 1 N–H and O–H groups in total. The number of carbonyl (C=O) groups is 1. The SMILES string of the molecule is COc1ccccc1[C@@H](C)NC(=O)c1ccc(=O)n(C)c1. The van der Waals surface area contributed by atoms with Crippen LogP contribution in [0.2, 0.25) is 0 Å². The van der Waals surface area contributed by atoms with Crippen molar-refractivity contribution in [2.75, 3.05) is 7.11 Å². The van der Waals surface area contributed by atoms with Gasteiger partial charge >= 0.3 is 0 Å². The Kier molecular flexibility index (Phi) is 4.42. The predicted molar refractivity (Wildman–Crippen MR) is 80.6 cm³/mol. The first-order valence-electron chi connectivity index (χ1n) is 6.63. The van der Waals surface area contributed by atoms with Crippen LogP contribution in [0.4, 0.5) is 0 Å². The third-order valence-electron chi connectivity index (χ3n) is 3.30. The van der Waals surface area contributed by atoms with Crippen molar-refractivity contribution in [3.8, 4) is 5.75 Å². The Morgan fingerprint density at radius 3 is 2.62 bits per heavy atom. The average Bonchev–Trinajstić information content (AvgIpc) is 2.49. The lowest BCUT2D eigenvalue weighted by Gasteiger charge is -2.17. The number of carbonyl (C=O) groups excluding carboxylic acids is 1. The zero-order valence-electron chi connectivity index (χ0n) is 12.3. The Bertz CT molecular complexity index is 707. The fourth-order valence-corrected chi connectivity index (χ4v) is 2.11. The molecule has 0 unspecified atom stereocenters. The van der Waals surface area contributed by atoms with Gasteiger partial charge in [-0.15, -0.1) is 0 Å². The van der Waals surface area contributed by atoms with Crippen LogP contribution >= 0.6 is 0 Å². The summed E-state index contributed by atoms with van der Waals surface area (Å²) in [5, 5.41) is 2.90. The minimum atomic E-state index is -0.232. The molecule has 0 aliphatic heterocycles. The number of benzene rings is 1. The number of hydrogen-bond acceptors (Lipinski definition) is 3. The summed E-state index contributed by atoms with van der Waals surface area (Å²) in [5.41, 5.74) is 1.20. The number of methoxy groups -OCH3 is 1. The molecule has 0 saturated heterocycles. The number of aryl methyl sites for hydroxylation is 1. The molecule has 1 heterocycles. The van der Waals surface area contributed by atoms with Crippen LogP contribution in [-0.2, 0) is 7.05 Å². The summed E-state index contributed by atoms with van der Waals surface area (Å²) in [4.78, 5) is 23.6. The van der Waals surface area contributed by atoms with E-state index in [0.29, 0.717) is 5.56 Å². The van der Waals surface area contributed by atoms with Crippen molar-refractivity contribution in [1.29, 1.82) is 0 Å². The molecule has 0 radical (unpaired) electrons. The molecule has 0 aliphatic carbocycles. The van der Waals surface area contributed by atoms with E-state index in [4.69, 9.17) is 4.74 Å². The molecule has 1 atom stereocenters. The third kappa shape index (κ3) is 3.31. The first kappa shape index (κ1) is 14.8. The summed E-state index contributed by atoms with van der Waals surface area (Å²) in [6, 6.07) is 10.2. The topological polar surface area (TPSA) is 60.3 Å². The number of pyridine rings is 1. The highest BCUT2D eigenvalue weighted by atomic mass is 16.5. The van der Waals surface area contributed by atoms with Gasteiger partial charge in [-0.2, -0.15) is 0 Å². The average molecular weight is 286 g/mol. The van der Waals surface area contributed by atoms with E-state index >= 15 is 0 Å². The van der Waals surface area contributed by atoms with E-state index in [9.17, 15) is 9.59 Å². The van der Waals surface area contributed by atoms with Gasteiger partial charge in [-0.1, -0.05) is 18.2 Å². The van der Waals surface area contributed by atoms with E-state index in [1.54, 1.807) is 14.2 Å². The summed E-state index contributed by atoms with van der Waals surface area (Å²) >= 11 is 0. The van der Waals surface area contributed by atoms with Crippen LogP contribution in [0, 0.1) is 0 Å². The second-order valence-corrected chi connectivity index (χ2v) is 4.80. The number of nitrogens with zero attached hydrogens (tertiary/aromatic N) is 1. The highest BCUT2D eigenvalue weighted by Crippen LogP contribution is 2.24. The predicted octanol–water partition coefficient (Wildman–Crippen LogP) is 1.88. The van der Waals surface area contributed by atoms with E-state index in [0.717, 1.165) is 11.3 Å². The van der Waals surface area contributed by atoms with Gasteiger partial charge in [0, 0.05) is 24.9 Å². The zero-order chi connectivity index (χ0) is 15.4. The van der Waals surface area contributed by atoms with Crippen molar-refractivity contribution < 1.29 is 9.53 Å². The number of ether oxygens (including phenoxy) is 1. The molecule has 0 aliphatic rings. The fourth-order valence-electron chi connectivity index (χ4n) is 2.11. The summed E-state index contributed by atoms with van der Waals surface area (Å²) < 4.78 is 6.67. The minimum absolute atomic E-state index is 0.149. The molecule has 1 aromatic carbocycles. The molecule has 1 amide bonds. The lowest BCUT2D eigenvalue weighted by atomic mass is 10.1. The quantitative estimate of drug-likeness (QED) is 0.933. The van der Waals surface area contributed by atoms with Gasteiger partial charge in [-0.25, -0.2) is 0 Å². The fraction of sp³-hybridized carbons (Fsp3) is 0.250. The number of rotatable bonds is 4. The Labute approximate surface area is 123 Å². The minimum Gasteiger partial charge on any atom is -0.496 e. The molecule has 0 spiro atoms. The second kappa shape index (κ2) is 6.26. The van der Waals surface area contributed by atoms with Crippen molar-refractivity contribution in [3.05, 3.63) is 64.1 Å². The molecule has 2 aromatic rings. The molecule has 0 saturated carbocycles. The van der Waals surface area contributed by atoms with Crippen LogP contribution < -0.4 is 15.6 Å². The maximum Gasteiger partial charge on any atom is 0.253 e. The molecule has 5 heteroatoms. The van der Waals surface area contributed by atoms with Crippen molar-refractivity contribution in [2.45, 2.75) is 13.0 Å². The summed E-state index contributed by atoms with van der Waals surface area (Å²) in [6.07, 6.45) is 1.52. The van der Waals surface area contributed by atoms with E-state index in [1.165, 1.54) is 22.9 Å². The van der Waals surface area contributed by atoms with Crippen LogP contribution in [-0.4, -0.2) is 17.6 Å². The lowest BCUT2D eigenvalue weighted by molar-refractivity contribution is 0.0938. The van der Waals surface area contributed by atoms with Gasteiger partial charge in [-0.05, 0) is 19.1 Å². The lowest BCUT2D eigenvalue weighted by Crippen LogP contribution is -2.28. The normalized spacial score (nSPS) is 11.8. The molecule has 1 aromatic heterocycles.